The van der Waals surface area contributed by atoms with Crippen molar-refractivity contribution in [3.63, 3.8) is 0 Å². The average molecular weight is 412 g/mol. The summed E-state index contributed by atoms with van der Waals surface area (Å²) in [5, 5.41) is 23.4. The predicted molar refractivity (Wildman–Crippen MR) is 103 cm³/mol. The molecule has 0 saturated carbocycles. The van der Waals surface area contributed by atoms with Crippen molar-refractivity contribution in [3.05, 3.63) is 44.1 Å². The molecule has 0 radical (unpaired) electrons. The molecule has 0 atom stereocenters. The number of rotatable bonds is 6. The number of β-amino-alcohol motifs (C(OH)–C–C–N with tert-alkyl or cyclic N) is 1. The Morgan fingerprint density at radius 3 is 2.57 bits per heavy atom. The van der Waals surface area contributed by atoms with Gasteiger partial charge in [-0.05, 0) is 17.0 Å². The number of esters is 1. The number of nitro benzene ring substituents is 1. The van der Waals surface area contributed by atoms with E-state index in [1.54, 1.807) is 6.07 Å². The Morgan fingerprint density at radius 1 is 1.43 bits per heavy atom. The predicted octanol–water partition coefficient (Wildman–Crippen LogP) is 2.22. The lowest BCUT2D eigenvalue weighted by molar-refractivity contribution is -0.384. The van der Waals surface area contributed by atoms with Crippen molar-refractivity contribution in [1.29, 1.82) is 0 Å². The number of anilines is 1. The van der Waals surface area contributed by atoms with Gasteiger partial charge in [-0.1, -0.05) is 32.4 Å². The monoisotopic (exact) mass is 411 g/mol. The van der Waals surface area contributed by atoms with Gasteiger partial charge < -0.3 is 20.1 Å². The number of amides is 1. The summed E-state index contributed by atoms with van der Waals surface area (Å²) in [6.45, 7) is 5.29. The molecule has 2 N–H and O–H groups in total. The molecule has 0 aliphatic carbocycles. The van der Waals surface area contributed by atoms with Crippen molar-refractivity contribution in [2.45, 2.75) is 26.2 Å². The topological polar surface area (TPSA) is 122 Å². The lowest BCUT2D eigenvalue weighted by Crippen LogP contribution is -2.31. The number of carbonyl (C=O) groups excluding carboxylic acids is 2. The number of nitrogens with one attached hydrogen (secondary N) is 1. The van der Waals surface area contributed by atoms with E-state index in [4.69, 9.17) is 21.4 Å². The number of benzene rings is 1. The van der Waals surface area contributed by atoms with Gasteiger partial charge in [0.1, 0.15) is 11.4 Å². The fourth-order valence-electron chi connectivity index (χ4n) is 2.77. The molecule has 0 spiro atoms. The van der Waals surface area contributed by atoms with E-state index >= 15 is 0 Å². The zero-order valence-electron chi connectivity index (χ0n) is 16.0. The van der Waals surface area contributed by atoms with E-state index in [1.807, 2.05) is 20.8 Å². The second kappa shape index (κ2) is 8.15. The number of halogens is 1. The van der Waals surface area contributed by atoms with Crippen molar-refractivity contribution >= 4 is 34.9 Å². The van der Waals surface area contributed by atoms with Gasteiger partial charge in [-0.25, -0.2) is 4.79 Å². The van der Waals surface area contributed by atoms with Crippen LogP contribution < -0.4 is 5.32 Å². The van der Waals surface area contributed by atoms with Crippen LogP contribution in [0.4, 0.5) is 11.4 Å². The van der Waals surface area contributed by atoms with E-state index in [0.29, 0.717) is 5.56 Å². The normalized spacial score (nSPS) is 14.5. The van der Waals surface area contributed by atoms with E-state index in [1.165, 1.54) is 18.1 Å². The van der Waals surface area contributed by atoms with Crippen molar-refractivity contribution in [1.82, 2.24) is 4.90 Å². The zero-order chi connectivity index (χ0) is 21.2. The molecular formula is C18H22ClN3O6. The Labute approximate surface area is 167 Å². The Morgan fingerprint density at radius 2 is 2.07 bits per heavy atom. The first-order valence-corrected chi connectivity index (χ1v) is 8.86. The first-order chi connectivity index (χ1) is 13.0. The van der Waals surface area contributed by atoms with Crippen LogP contribution in [0.1, 0.15) is 26.3 Å². The summed E-state index contributed by atoms with van der Waals surface area (Å²) in [5.41, 5.74) is -0.292. The van der Waals surface area contributed by atoms with Crippen molar-refractivity contribution in [2.75, 3.05) is 32.1 Å². The Balaban J connectivity index is 2.57. The lowest BCUT2D eigenvalue weighted by atomic mass is 9.86. The van der Waals surface area contributed by atoms with Gasteiger partial charge in [0.2, 0.25) is 0 Å². The number of nitro groups is 1. The Kier molecular flexibility index (Phi) is 6.30. The molecule has 1 aliphatic heterocycles. The van der Waals surface area contributed by atoms with Crippen LogP contribution in [-0.4, -0.2) is 53.6 Å². The molecule has 1 amide bonds. The molecule has 0 bridgehead atoms. The van der Waals surface area contributed by atoms with Crippen LogP contribution in [0.15, 0.2) is 23.4 Å². The molecule has 28 heavy (non-hydrogen) atoms. The molecule has 10 heteroatoms. The van der Waals surface area contributed by atoms with E-state index in [9.17, 15) is 19.7 Å². The van der Waals surface area contributed by atoms with Gasteiger partial charge >= 0.3 is 5.97 Å². The molecule has 1 aromatic carbocycles. The quantitative estimate of drug-likeness (QED) is 0.418. The average Bonchev–Trinajstić information content (AvgIpc) is 2.91. The fraction of sp³-hybridized carbons (Fsp3) is 0.444. The molecule has 9 nitrogen and oxygen atoms in total. The van der Waals surface area contributed by atoms with Crippen LogP contribution in [0.2, 0.25) is 5.02 Å². The van der Waals surface area contributed by atoms with Crippen LogP contribution in [0.3, 0.4) is 0 Å². The molecule has 0 fully saturated rings. The maximum atomic E-state index is 12.6. The molecule has 2 rings (SSSR count). The Hall–Kier alpha value is -2.65. The highest BCUT2D eigenvalue weighted by Gasteiger charge is 2.36. The smallest absolute Gasteiger partial charge is 0.337 e. The van der Waals surface area contributed by atoms with Crippen molar-refractivity contribution in [3.8, 4) is 0 Å². The first-order valence-electron chi connectivity index (χ1n) is 8.48. The fourth-order valence-corrected chi connectivity index (χ4v) is 3.03. The third-order valence-electron chi connectivity index (χ3n) is 4.34. The molecular weight excluding hydrogens is 390 g/mol. The molecule has 1 aromatic rings. The van der Waals surface area contributed by atoms with Gasteiger partial charge in [0.05, 0.1) is 35.8 Å². The summed E-state index contributed by atoms with van der Waals surface area (Å²) in [5.74, 6) is -1.33. The lowest BCUT2D eigenvalue weighted by Gasteiger charge is -2.21. The number of ether oxygens (including phenoxy) is 1. The maximum Gasteiger partial charge on any atom is 0.337 e. The minimum absolute atomic E-state index is 0.00327. The zero-order valence-corrected chi connectivity index (χ0v) is 16.8. The van der Waals surface area contributed by atoms with Gasteiger partial charge in [0.25, 0.3) is 11.6 Å². The van der Waals surface area contributed by atoms with Crippen LogP contribution in [0, 0.1) is 10.1 Å². The summed E-state index contributed by atoms with van der Waals surface area (Å²) in [6, 6.07) is 2.97. The second-order valence-corrected chi connectivity index (χ2v) is 7.69. The standard InChI is InChI=1S/C18H22ClN3O6/c1-18(2,3)10-7-12(19)15(13(8-10)22(26)27)20-14-11(17(25)28-4)9-21(5-6-23)16(14)24/h7-8,20,23H,5-6,9H2,1-4H3. The first kappa shape index (κ1) is 21.6. The highest BCUT2D eigenvalue weighted by Crippen LogP contribution is 2.39. The summed E-state index contributed by atoms with van der Waals surface area (Å²) in [7, 11) is 1.17. The summed E-state index contributed by atoms with van der Waals surface area (Å²) < 4.78 is 4.70. The highest BCUT2D eigenvalue weighted by atomic mass is 35.5. The van der Waals surface area contributed by atoms with Gasteiger partial charge in [0.15, 0.2) is 0 Å². The van der Waals surface area contributed by atoms with Gasteiger partial charge in [-0.3, -0.25) is 14.9 Å². The summed E-state index contributed by atoms with van der Waals surface area (Å²) in [4.78, 5) is 36.9. The summed E-state index contributed by atoms with van der Waals surface area (Å²) in [6.07, 6.45) is 0. The number of aliphatic hydroxyl groups is 1. The Bertz CT molecular complexity index is 860. The van der Waals surface area contributed by atoms with Crippen LogP contribution in [0.25, 0.3) is 0 Å². The second-order valence-electron chi connectivity index (χ2n) is 7.28. The molecule has 1 aliphatic rings. The minimum Gasteiger partial charge on any atom is -0.466 e. The highest BCUT2D eigenvalue weighted by molar-refractivity contribution is 6.34. The van der Waals surface area contributed by atoms with Gasteiger partial charge in [-0.2, -0.15) is 0 Å². The molecule has 0 unspecified atom stereocenters. The number of aliphatic hydroxyl groups excluding tert-OH is 1. The molecule has 152 valence electrons. The molecule has 0 saturated heterocycles. The minimum atomic E-state index is -0.749. The number of carbonyl (C=O) groups is 2. The third-order valence-corrected chi connectivity index (χ3v) is 4.63. The van der Waals surface area contributed by atoms with E-state index in [0.717, 1.165) is 0 Å². The van der Waals surface area contributed by atoms with Crippen LogP contribution >= 0.6 is 11.6 Å². The number of methoxy groups -OCH3 is 1. The van der Waals surface area contributed by atoms with Gasteiger partial charge in [-0.15, -0.1) is 0 Å². The van der Waals surface area contributed by atoms with Crippen LogP contribution in [-0.2, 0) is 19.7 Å². The van der Waals surface area contributed by atoms with Gasteiger partial charge in [0, 0.05) is 12.6 Å². The molecule has 1 heterocycles. The third kappa shape index (κ3) is 4.26. The van der Waals surface area contributed by atoms with Crippen molar-refractivity contribution < 1.29 is 24.4 Å². The van der Waals surface area contributed by atoms with E-state index in [2.05, 4.69) is 5.32 Å². The van der Waals surface area contributed by atoms with Crippen LogP contribution in [0.5, 0.6) is 0 Å². The van der Waals surface area contributed by atoms with E-state index < -0.39 is 16.8 Å². The number of hydrogen-bond acceptors (Lipinski definition) is 7. The SMILES string of the molecule is COC(=O)C1=C(Nc2c(Cl)cc(C(C)(C)C)cc2[N+](=O)[O-])C(=O)N(CCO)C1. The largest absolute Gasteiger partial charge is 0.466 e. The maximum absolute atomic E-state index is 12.6. The number of hydrogen-bond donors (Lipinski definition) is 2. The number of nitrogens with zero attached hydrogens (tertiary/aromatic N) is 2. The van der Waals surface area contributed by atoms with E-state index in [-0.39, 0.29) is 52.8 Å². The van der Waals surface area contributed by atoms with Crippen molar-refractivity contribution in [2.24, 2.45) is 0 Å². The molecule has 0 aromatic heterocycles. The summed E-state index contributed by atoms with van der Waals surface area (Å²) >= 11 is 6.30.